The fourth-order valence-corrected chi connectivity index (χ4v) is 5.14. The van der Waals surface area contributed by atoms with Gasteiger partial charge in [0.2, 0.25) is 0 Å². The number of aryl methyl sites for hydroxylation is 1. The molecule has 8 heteroatoms. The van der Waals surface area contributed by atoms with Gasteiger partial charge in [-0.2, -0.15) is 0 Å². The topological polar surface area (TPSA) is 72.4 Å². The van der Waals surface area contributed by atoms with Crippen molar-refractivity contribution in [2.75, 3.05) is 12.4 Å². The molecule has 30 heavy (non-hydrogen) atoms. The highest BCUT2D eigenvalue weighted by Crippen LogP contribution is 2.36. The van der Waals surface area contributed by atoms with Crippen molar-refractivity contribution in [1.82, 2.24) is 9.88 Å². The van der Waals surface area contributed by atoms with Gasteiger partial charge in [0.05, 0.1) is 23.4 Å². The molecule has 4 rings (SSSR count). The highest BCUT2D eigenvalue weighted by atomic mass is 32.1. The van der Waals surface area contributed by atoms with Crippen molar-refractivity contribution in [1.29, 1.82) is 0 Å². The van der Waals surface area contributed by atoms with Crippen LogP contribution >= 0.6 is 22.7 Å². The number of carbonyl (C=O) groups is 2. The van der Waals surface area contributed by atoms with Crippen LogP contribution in [0.3, 0.4) is 0 Å². The Kier molecular flexibility index (Phi) is 5.87. The van der Waals surface area contributed by atoms with Crippen molar-refractivity contribution in [3.8, 4) is 10.6 Å². The lowest BCUT2D eigenvalue weighted by atomic mass is 10.1. The van der Waals surface area contributed by atoms with Crippen LogP contribution in [0, 0.1) is 0 Å². The van der Waals surface area contributed by atoms with Gasteiger partial charge in [-0.25, -0.2) is 9.59 Å². The summed E-state index contributed by atoms with van der Waals surface area (Å²) in [7, 11) is 1.32. The van der Waals surface area contributed by atoms with Crippen molar-refractivity contribution in [3.05, 3.63) is 63.7 Å². The minimum atomic E-state index is -0.466. The van der Waals surface area contributed by atoms with E-state index in [-0.39, 0.29) is 6.03 Å². The number of anilines is 1. The van der Waals surface area contributed by atoms with Crippen LogP contribution in [0.25, 0.3) is 21.5 Å². The lowest BCUT2D eigenvalue weighted by molar-refractivity contribution is 0.0607. The lowest BCUT2D eigenvalue weighted by Gasteiger charge is -2.11. The molecule has 3 aromatic heterocycles. The number of amides is 2. The second kappa shape index (κ2) is 8.73. The highest BCUT2D eigenvalue weighted by molar-refractivity contribution is 7.13. The maximum absolute atomic E-state index is 12.6. The molecule has 0 unspecified atom stereocenters. The highest BCUT2D eigenvalue weighted by Gasteiger charge is 2.20. The SMILES string of the molecule is CCn1c(-c2cccs2)c(CNC(=O)Nc2ccsc2C(=O)OC)c2ccccc21. The molecule has 0 aliphatic heterocycles. The smallest absolute Gasteiger partial charge is 0.350 e. The first-order valence-electron chi connectivity index (χ1n) is 9.48. The number of thiophene rings is 2. The first kappa shape index (κ1) is 20.2. The van der Waals surface area contributed by atoms with E-state index >= 15 is 0 Å². The minimum absolute atomic E-state index is 0.365. The molecule has 4 aromatic rings. The summed E-state index contributed by atoms with van der Waals surface area (Å²) < 4.78 is 7.05. The summed E-state index contributed by atoms with van der Waals surface area (Å²) in [5.74, 6) is -0.466. The van der Waals surface area contributed by atoms with Gasteiger partial charge < -0.3 is 19.9 Å². The lowest BCUT2D eigenvalue weighted by Crippen LogP contribution is -2.28. The molecular formula is C22H21N3O3S2. The Balaban J connectivity index is 1.62. The number of urea groups is 1. The van der Waals surface area contributed by atoms with E-state index in [1.165, 1.54) is 18.4 Å². The predicted molar refractivity (Wildman–Crippen MR) is 122 cm³/mol. The van der Waals surface area contributed by atoms with Crippen molar-refractivity contribution in [2.45, 2.75) is 20.0 Å². The van der Waals surface area contributed by atoms with E-state index in [1.807, 2.05) is 18.2 Å². The van der Waals surface area contributed by atoms with E-state index in [4.69, 9.17) is 4.74 Å². The van der Waals surface area contributed by atoms with Gasteiger partial charge in [-0.05, 0) is 35.9 Å². The number of esters is 1. The second-order valence-electron chi connectivity index (χ2n) is 6.53. The van der Waals surface area contributed by atoms with Crippen LogP contribution in [-0.4, -0.2) is 23.7 Å². The van der Waals surface area contributed by atoms with Gasteiger partial charge in [0.15, 0.2) is 0 Å². The molecule has 3 heterocycles. The van der Waals surface area contributed by atoms with Crippen LogP contribution in [0.5, 0.6) is 0 Å². The third-order valence-electron chi connectivity index (χ3n) is 4.86. The number of carbonyl (C=O) groups excluding carboxylic acids is 2. The molecule has 2 amide bonds. The van der Waals surface area contributed by atoms with Gasteiger partial charge in [0.1, 0.15) is 4.88 Å². The summed E-state index contributed by atoms with van der Waals surface area (Å²) in [5, 5.41) is 10.6. The van der Waals surface area contributed by atoms with E-state index < -0.39 is 5.97 Å². The summed E-state index contributed by atoms with van der Waals surface area (Å²) in [6.45, 7) is 3.32. The largest absolute Gasteiger partial charge is 0.465 e. The van der Waals surface area contributed by atoms with Gasteiger partial charge in [-0.1, -0.05) is 24.3 Å². The molecule has 0 aliphatic carbocycles. The fourth-order valence-electron chi connectivity index (χ4n) is 3.57. The summed E-state index contributed by atoms with van der Waals surface area (Å²) in [4.78, 5) is 25.9. The Morgan fingerprint density at radius 2 is 1.90 bits per heavy atom. The minimum Gasteiger partial charge on any atom is -0.465 e. The zero-order valence-corrected chi connectivity index (χ0v) is 18.2. The van der Waals surface area contributed by atoms with Crippen molar-refractivity contribution in [2.24, 2.45) is 0 Å². The second-order valence-corrected chi connectivity index (χ2v) is 8.39. The zero-order chi connectivity index (χ0) is 21.1. The molecule has 0 atom stereocenters. The number of rotatable bonds is 6. The first-order chi connectivity index (χ1) is 14.6. The Labute approximate surface area is 182 Å². The van der Waals surface area contributed by atoms with Crippen molar-refractivity contribution in [3.63, 3.8) is 0 Å². The van der Waals surface area contributed by atoms with E-state index in [1.54, 1.807) is 22.8 Å². The number of hydrogen-bond donors (Lipinski definition) is 2. The van der Waals surface area contributed by atoms with Gasteiger partial charge in [-0.3, -0.25) is 0 Å². The predicted octanol–water partition coefficient (Wildman–Crippen LogP) is 5.56. The molecule has 1 aromatic carbocycles. The summed E-state index contributed by atoms with van der Waals surface area (Å²) in [5.41, 5.74) is 3.79. The average Bonchev–Trinajstić information content (AvgIpc) is 3.50. The monoisotopic (exact) mass is 439 g/mol. The molecule has 0 spiro atoms. The van der Waals surface area contributed by atoms with Crippen LogP contribution < -0.4 is 10.6 Å². The molecule has 0 saturated carbocycles. The molecule has 154 valence electrons. The van der Waals surface area contributed by atoms with E-state index in [0.717, 1.165) is 33.6 Å². The molecular weight excluding hydrogens is 418 g/mol. The third kappa shape index (κ3) is 3.71. The number of methoxy groups -OCH3 is 1. The summed E-state index contributed by atoms with van der Waals surface area (Å²) in [6, 6.07) is 13.7. The number of ether oxygens (including phenoxy) is 1. The van der Waals surface area contributed by atoms with E-state index in [9.17, 15) is 9.59 Å². The number of hydrogen-bond acceptors (Lipinski definition) is 5. The molecule has 6 nitrogen and oxygen atoms in total. The molecule has 0 radical (unpaired) electrons. The molecule has 0 saturated heterocycles. The molecule has 0 bridgehead atoms. The van der Waals surface area contributed by atoms with E-state index in [2.05, 4.69) is 45.7 Å². The quantitative estimate of drug-likeness (QED) is 0.386. The standard InChI is InChI=1S/C22H21N3O3S2/c1-3-25-17-8-5-4-7-14(17)15(19(25)18-9-6-11-29-18)13-23-22(27)24-16-10-12-30-20(16)21(26)28-2/h4-12H,3,13H2,1-2H3,(H2,23,24,27). The van der Waals surface area contributed by atoms with Crippen molar-refractivity contribution >= 4 is 51.3 Å². The van der Waals surface area contributed by atoms with Crippen LogP contribution in [0.1, 0.15) is 22.2 Å². The van der Waals surface area contributed by atoms with Crippen LogP contribution in [0.4, 0.5) is 10.5 Å². The van der Waals surface area contributed by atoms with Crippen LogP contribution in [-0.2, 0) is 17.8 Å². The number of nitrogens with one attached hydrogen (secondary N) is 2. The number of fused-ring (bicyclic) bond motifs is 1. The molecule has 0 aliphatic rings. The van der Waals surface area contributed by atoms with Gasteiger partial charge in [-0.15, -0.1) is 22.7 Å². The number of para-hydroxylation sites is 1. The summed E-state index contributed by atoms with van der Waals surface area (Å²) in [6.07, 6.45) is 0. The fraction of sp³-hybridized carbons (Fsp3) is 0.182. The van der Waals surface area contributed by atoms with Crippen LogP contribution in [0.15, 0.2) is 53.2 Å². The van der Waals surface area contributed by atoms with Gasteiger partial charge >= 0.3 is 12.0 Å². The Bertz CT molecular complexity index is 1190. The maximum atomic E-state index is 12.6. The first-order valence-corrected chi connectivity index (χ1v) is 11.2. The molecule has 2 N–H and O–H groups in total. The van der Waals surface area contributed by atoms with Crippen LogP contribution in [0.2, 0.25) is 0 Å². The number of aromatic nitrogens is 1. The van der Waals surface area contributed by atoms with E-state index in [0.29, 0.717) is 17.1 Å². The van der Waals surface area contributed by atoms with Crippen molar-refractivity contribution < 1.29 is 14.3 Å². The maximum Gasteiger partial charge on any atom is 0.350 e. The third-order valence-corrected chi connectivity index (χ3v) is 6.63. The summed E-state index contributed by atoms with van der Waals surface area (Å²) >= 11 is 2.91. The normalized spacial score (nSPS) is 10.9. The zero-order valence-electron chi connectivity index (χ0n) is 16.6. The average molecular weight is 440 g/mol. The van der Waals surface area contributed by atoms with Gasteiger partial charge in [0.25, 0.3) is 0 Å². The number of benzene rings is 1. The Hall–Kier alpha value is -3.10. The van der Waals surface area contributed by atoms with Gasteiger partial charge in [0, 0.05) is 29.6 Å². The number of nitrogens with zero attached hydrogens (tertiary/aromatic N) is 1. The molecule has 0 fully saturated rings. The Morgan fingerprint density at radius 1 is 1.07 bits per heavy atom. The Morgan fingerprint density at radius 3 is 2.63 bits per heavy atom.